The zero-order valence-corrected chi connectivity index (χ0v) is 10.5. The molecule has 0 unspecified atom stereocenters. The summed E-state index contributed by atoms with van der Waals surface area (Å²) < 4.78 is 4.94. The topological polar surface area (TPSA) is 98.0 Å². The monoisotopic (exact) mass is 240 g/mol. The molecule has 0 aromatic carbocycles. The van der Waals surface area contributed by atoms with Crippen LogP contribution in [0.5, 0.6) is 6.01 Å². The maximum Gasteiger partial charge on any atom is 0.322 e. The first-order chi connectivity index (χ1) is 8.15. The van der Waals surface area contributed by atoms with Gasteiger partial charge in [0.25, 0.3) is 0 Å². The Morgan fingerprint density at radius 2 is 1.94 bits per heavy atom. The van der Waals surface area contributed by atoms with E-state index in [4.69, 9.17) is 10.6 Å². The van der Waals surface area contributed by atoms with Crippen LogP contribution in [0, 0.1) is 5.92 Å². The van der Waals surface area contributed by atoms with Gasteiger partial charge in [-0.3, -0.25) is 5.43 Å². The molecule has 1 aromatic heterocycles. The summed E-state index contributed by atoms with van der Waals surface area (Å²) in [5, 5.41) is 3.11. The summed E-state index contributed by atoms with van der Waals surface area (Å²) in [7, 11) is 1.50. The molecule has 0 saturated carbocycles. The lowest BCUT2D eigenvalue weighted by Crippen LogP contribution is -2.14. The Labute approximate surface area is 101 Å². The van der Waals surface area contributed by atoms with Crippen molar-refractivity contribution in [2.24, 2.45) is 11.8 Å². The second kappa shape index (κ2) is 6.85. The summed E-state index contributed by atoms with van der Waals surface area (Å²) in [4.78, 5) is 12.0. The SMILES string of the molecule is COc1nc(NN)nc(NCCCC(C)C)n1. The summed E-state index contributed by atoms with van der Waals surface area (Å²) in [5.41, 5.74) is 2.37. The van der Waals surface area contributed by atoms with Gasteiger partial charge < -0.3 is 10.1 Å². The van der Waals surface area contributed by atoms with E-state index in [0.717, 1.165) is 19.4 Å². The van der Waals surface area contributed by atoms with E-state index < -0.39 is 0 Å². The number of ether oxygens (including phenoxy) is 1. The maximum atomic E-state index is 5.25. The van der Waals surface area contributed by atoms with Crippen LogP contribution in [0.4, 0.5) is 11.9 Å². The van der Waals surface area contributed by atoms with Crippen LogP contribution < -0.4 is 21.3 Å². The maximum absolute atomic E-state index is 5.25. The normalized spacial score (nSPS) is 10.4. The standard InChI is InChI=1S/C10H20N6O/c1-7(2)5-4-6-12-8-13-9(16-11)15-10(14-8)17-3/h7H,4-6,11H2,1-3H3,(H2,12,13,14,15,16). The minimum atomic E-state index is 0.235. The molecule has 0 aliphatic heterocycles. The predicted octanol–water partition coefficient (Wildman–Crippen LogP) is 1.01. The Hall–Kier alpha value is -1.63. The van der Waals surface area contributed by atoms with Crippen molar-refractivity contribution >= 4 is 11.9 Å². The Morgan fingerprint density at radius 3 is 2.53 bits per heavy atom. The van der Waals surface area contributed by atoms with Gasteiger partial charge >= 0.3 is 6.01 Å². The molecule has 0 aliphatic carbocycles. The van der Waals surface area contributed by atoms with Crippen molar-refractivity contribution < 1.29 is 4.74 Å². The number of nitrogens with zero attached hydrogens (tertiary/aromatic N) is 3. The summed E-state index contributed by atoms with van der Waals surface area (Å²) in [6.07, 6.45) is 2.23. The fourth-order valence-electron chi connectivity index (χ4n) is 1.30. The fourth-order valence-corrected chi connectivity index (χ4v) is 1.30. The number of rotatable bonds is 7. The van der Waals surface area contributed by atoms with Crippen LogP contribution in [-0.4, -0.2) is 28.6 Å². The predicted molar refractivity (Wildman–Crippen MR) is 66.8 cm³/mol. The first kappa shape index (κ1) is 13.4. The van der Waals surface area contributed by atoms with Crippen LogP contribution in [0.15, 0.2) is 0 Å². The average molecular weight is 240 g/mol. The van der Waals surface area contributed by atoms with Crippen molar-refractivity contribution in [2.45, 2.75) is 26.7 Å². The van der Waals surface area contributed by atoms with Gasteiger partial charge in [-0.05, 0) is 18.8 Å². The van der Waals surface area contributed by atoms with Gasteiger partial charge in [0, 0.05) is 6.54 Å². The van der Waals surface area contributed by atoms with E-state index >= 15 is 0 Å². The molecule has 0 spiro atoms. The number of hydrazine groups is 1. The van der Waals surface area contributed by atoms with E-state index in [-0.39, 0.29) is 12.0 Å². The fraction of sp³-hybridized carbons (Fsp3) is 0.700. The Kier molecular flexibility index (Phi) is 5.41. The first-order valence-electron chi connectivity index (χ1n) is 5.66. The molecule has 0 bridgehead atoms. The zero-order chi connectivity index (χ0) is 12.7. The Balaban J connectivity index is 2.51. The molecule has 0 saturated heterocycles. The van der Waals surface area contributed by atoms with Crippen LogP contribution in [0.3, 0.4) is 0 Å². The summed E-state index contributed by atoms with van der Waals surface area (Å²) in [5.74, 6) is 6.70. The van der Waals surface area contributed by atoms with Crippen molar-refractivity contribution in [3.63, 3.8) is 0 Å². The minimum absolute atomic E-state index is 0.235. The van der Waals surface area contributed by atoms with Crippen LogP contribution in [-0.2, 0) is 0 Å². The van der Waals surface area contributed by atoms with Crippen molar-refractivity contribution in [1.82, 2.24) is 15.0 Å². The molecule has 96 valence electrons. The van der Waals surface area contributed by atoms with E-state index in [0.29, 0.717) is 11.9 Å². The highest BCUT2D eigenvalue weighted by atomic mass is 16.5. The van der Waals surface area contributed by atoms with E-state index in [1.165, 1.54) is 7.11 Å². The molecule has 7 nitrogen and oxygen atoms in total. The third kappa shape index (κ3) is 4.81. The number of nitrogen functional groups attached to an aromatic ring is 1. The number of nitrogens with two attached hydrogens (primary N) is 1. The third-order valence-electron chi connectivity index (χ3n) is 2.17. The molecular formula is C10H20N6O. The molecule has 17 heavy (non-hydrogen) atoms. The molecule has 0 atom stereocenters. The molecule has 0 amide bonds. The average Bonchev–Trinajstić information content (AvgIpc) is 2.34. The molecule has 0 fully saturated rings. The lowest BCUT2D eigenvalue weighted by atomic mass is 10.1. The smallest absolute Gasteiger partial charge is 0.322 e. The molecule has 0 aliphatic rings. The lowest BCUT2D eigenvalue weighted by molar-refractivity contribution is 0.379. The van der Waals surface area contributed by atoms with E-state index in [1.807, 2.05) is 0 Å². The highest BCUT2D eigenvalue weighted by Gasteiger charge is 2.05. The van der Waals surface area contributed by atoms with Crippen LogP contribution in [0.1, 0.15) is 26.7 Å². The first-order valence-corrected chi connectivity index (χ1v) is 5.66. The lowest BCUT2D eigenvalue weighted by Gasteiger charge is -2.08. The zero-order valence-electron chi connectivity index (χ0n) is 10.5. The van der Waals surface area contributed by atoms with Crippen molar-refractivity contribution in [3.8, 4) is 6.01 Å². The van der Waals surface area contributed by atoms with Gasteiger partial charge in [0.1, 0.15) is 0 Å². The van der Waals surface area contributed by atoms with Gasteiger partial charge in [0.2, 0.25) is 11.9 Å². The third-order valence-corrected chi connectivity index (χ3v) is 2.17. The molecule has 7 heteroatoms. The van der Waals surface area contributed by atoms with Gasteiger partial charge in [0.15, 0.2) is 0 Å². The second-order valence-corrected chi connectivity index (χ2v) is 4.08. The van der Waals surface area contributed by atoms with E-state index in [9.17, 15) is 0 Å². The van der Waals surface area contributed by atoms with Crippen LogP contribution in [0.25, 0.3) is 0 Å². The Bertz CT molecular complexity index is 321. The van der Waals surface area contributed by atoms with Crippen LogP contribution in [0.2, 0.25) is 0 Å². The van der Waals surface area contributed by atoms with E-state index in [2.05, 4.69) is 39.5 Å². The minimum Gasteiger partial charge on any atom is -0.467 e. The number of aromatic nitrogens is 3. The number of hydrogen-bond acceptors (Lipinski definition) is 7. The van der Waals surface area contributed by atoms with Gasteiger partial charge in [-0.2, -0.15) is 15.0 Å². The van der Waals surface area contributed by atoms with Crippen molar-refractivity contribution in [2.75, 3.05) is 24.4 Å². The molecule has 1 aromatic rings. The number of anilines is 2. The van der Waals surface area contributed by atoms with Gasteiger partial charge in [-0.15, -0.1) is 0 Å². The quantitative estimate of drug-likeness (QED) is 0.371. The molecular weight excluding hydrogens is 220 g/mol. The van der Waals surface area contributed by atoms with Gasteiger partial charge in [-0.25, -0.2) is 5.84 Å². The molecule has 1 heterocycles. The largest absolute Gasteiger partial charge is 0.467 e. The molecule has 1 rings (SSSR count). The van der Waals surface area contributed by atoms with E-state index in [1.54, 1.807) is 0 Å². The molecule has 4 N–H and O–H groups in total. The summed E-state index contributed by atoms with van der Waals surface area (Å²) in [6.45, 7) is 5.21. The second-order valence-electron chi connectivity index (χ2n) is 4.08. The van der Waals surface area contributed by atoms with Crippen LogP contribution >= 0.6 is 0 Å². The number of nitrogens with one attached hydrogen (secondary N) is 2. The number of hydrogen-bond donors (Lipinski definition) is 3. The Morgan fingerprint density at radius 1 is 1.24 bits per heavy atom. The van der Waals surface area contributed by atoms with Gasteiger partial charge in [-0.1, -0.05) is 13.8 Å². The highest BCUT2D eigenvalue weighted by Crippen LogP contribution is 2.10. The van der Waals surface area contributed by atoms with Crippen molar-refractivity contribution in [1.29, 1.82) is 0 Å². The van der Waals surface area contributed by atoms with Gasteiger partial charge in [0.05, 0.1) is 7.11 Å². The summed E-state index contributed by atoms with van der Waals surface area (Å²) >= 11 is 0. The van der Waals surface area contributed by atoms with Crippen molar-refractivity contribution in [3.05, 3.63) is 0 Å². The highest BCUT2D eigenvalue weighted by molar-refractivity contribution is 5.34. The molecule has 0 radical (unpaired) electrons. The summed E-state index contributed by atoms with van der Waals surface area (Å²) in [6, 6.07) is 0.235. The number of methoxy groups -OCH3 is 1.